The molecular formula is C25H27FN8O5S. The van der Waals surface area contributed by atoms with Crippen molar-refractivity contribution in [3.8, 4) is 28.6 Å². The normalized spacial score (nSPS) is 17.4. The molecule has 40 heavy (non-hydrogen) atoms. The van der Waals surface area contributed by atoms with E-state index >= 15 is 0 Å². The number of halogens is 1. The molecule has 0 saturated carbocycles. The monoisotopic (exact) mass is 570 g/mol. The van der Waals surface area contributed by atoms with Gasteiger partial charge in [0.05, 0.1) is 32.7 Å². The number of nitrogens with one attached hydrogen (secondary N) is 1. The predicted octanol–water partition coefficient (Wildman–Crippen LogP) is 2.31. The van der Waals surface area contributed by atoms with E-state index < -0.39 is 27.2 Å². The summed E-state index contributed by atoms with van der Waals surface area (Å²) in [6.07, 6.45) is 5.02. The van der Waals surface area contributed by atoms with E-state index in [1.54, 1.807) is 47.6 Å². The van der Waals surface area contributed by atoms with Gasteiger partial charge < -0.3 is 19.1 Å². The minimum absolute atomic E-state index is 0.0441. The highest BCUT2D eigenvalue weighted by molar-refractivity contribution is 7.93. The van der Waals surface area contributed by atoms with E-state index in [0.29, 0.717) is 35.1 Å². The SMILES string of the molecule is COc1cccc(OC)c1-n1c(NS(=O)(=O)[C@@H]2C[C@H](OC)CN(c3ncc(F)cn3)C2)nnc1-c1cccnc1. The fourth-order valence-corrected chi connectivity index (χ4v) is 5.94. The minimum atomic E-state index is -4.09. The molecule has 1 aromatic carbocycles. The number of methoxy groups -OCH3 is 3. The summed E-state index contributed by atoms with van der Waals surface area (Å²) in [6, 6.07) is 8.69. The van der Waals surface area contributed by atoms with Crippen LogP contribution in [0.15, 0.2) is 55.1 Å². The second-order valence-electron chi connectivity index (χ2n) is 8.90. The average Bonchev–Trinajstić information content (AvgIpc) is 3.39. The van der Waals surface area contributed by atoms with Crippen LogP contribution in [0.4, 0.5) is 16.3 Å². The molecule has 1 saturated heterocycles. The zero-order valence-corrected chi connectivity index (χ0v) is 22.7. The van der Waals surface area contributed by atoms with Crippen molar-refractivity contribution in [1.29, 1.82) is 0 Å². The summed E-state index contributed by atoms with van der Waals surface area (Å²) in [5, 5.41) is 7.54. The van der Waals surface area contributed by atoms with Crippen molar-refractivity contribution in [2.45, 2.75) is 17.8 Å². The zero-order chi connectivity index (χ0) is 28.3. The molecule has 1 N–H and O–H groups in total. The molecule has 210 valence electrons. The summed E-state index contributed by atoms with van der Waals surface area (Å²) in [4.78, 5) is 13.8. The summed E-state index contributed by atoms with van der Waals surface area (Å²) in [7, 11) is 0.403. The van der Waals surface area contributed by atoms with E-state index in [-0.39, 0.29) is 24.9 Å². The van der Waals surface area contributed by atoms with Gasteiger partial charge in [-0.1, -0.05) is 6.07 Å². The lowest BCUT2D eigenvalue weighted by Gasteiger charge is -2.36. The van der Waals surface area contributed by atoms with E-state index in [9.17, 15) is 12.8 Å². The number of sulfonamides is 1. The maximum absolute atomic E-state index is 13.8. The number of pyridine rings is 1. The first-order valence-electron chi connectivity index (χ1n) is 12.2. The molecule has 0 unspecified atom stereocenters. The van der Waals surface area contributed by atoms with Gasteiger partial charge in [-0.2, -0.15) is 0 Å². The molecule has 0 aliphatic carbocycles. The van der Waals surface area contributed by atoms with Crippen molar-refractivity contribution in [3.05, 3.63) is 60.9 Å². The first-order valence-corrected chi connectivity index (χ1v) is 13.7. The summed E-state index contributed by atoms with van der Waals surface area (Å²) < 4.78 is 61.9. The molecule has 0 radical (unpaired) electrons. The van der Waals surface area contributed by atoms with Crippen LogP contribution in [-0.2, 0) is 14.8 Å². The Bertz CT molecular complexity index is 1550. The van der Waals surface area contributed by atoms with Gasteiger partial charge in [-0.15, -0.1) is 10.2 Å². The van der Waals surface area contributed by atoms with Crippen LogP contribution >= 0.6 is 0 Å². The molecule has 0 bridgehead atoms. The number of nitrogens with zero attached hydrogens (tertiary/aromatic N) is 7. The van der Waals surface area contributed by atoms with Crippen LogP contribution in [0.2, 0.25) is 0 Å². The van der Waals surface area contributed by atoms with Gasteiger partial charge in [-0.25, -0.2) is 22.8 Å². The van der Waals surface area contributed by atoms with Gasteiger partial charge in [0, 0.05) is 38.2 Å². The van der Waals surface area contributed by atoms with Gasteiger partial charge >= 0.3 is 0 Å². The van der Waals surface area contributed by atoms with Gasteiger partial charge in [0.15, 0.2) is 11.6 Å². The Morgan fingerprint density at radius 1 is 0.975 bits per heavy atom. The molecule has 15 heteroatoms. The van der Waals surface area contributed by atoms with Crippen molar-refractivity contribution in [2.24, 2.45) is 0 Å². The minimum Gasteiger partial charge on any atom is -0.494 e. The van der Waals surface area contributed by atoms with E-state index in [4.69, 9.17) is 14.2 Å². The predicted molar refractivity (Wildman–Crippen MR) is 144 cm³/mol. The quantitative estimate of drug-likeness (QED) is 0.316. The third-order valence-electron chi connectivity index (χ3n) is 6.48. The average molecular weight is 571 g/mol. The molecule has 0 amide bonds. The second-order valence-corrected chi connectivity index (χ2v) is 10.9. The maximum Gasteiger partial charge on any atom is 0.243 e. The van der Waals surface area contributed by atoms with Crippen molar-refractivity contribution in [2.75, 3.05) is 44.0 Å². The number of aromatic nitrogens is 6. The number of ether oxygens (including phenoxy) is 3. The van der Waals surface area contributed by atoms with Crippen LogP contribution in [0.5, 0.6) is 11.5 Å². The largest absolute Gasteiger partial charge is 0.494 e. The van der Waals surface area contributed by atoms with Crippen LogP contribution in [0, 0.1) is 5.82 Å². The molecular weight excluding hydrogens is 543 g/mol. The summed E-state index contributed by atoms with van der Waals surface area (Å²) in [6.45, 7) is 0.385. The molecule has 4 aromatic rings. The van der Waals surface area contributed by atoms with Crippen LogP contribution < -0.4 is 19.1 Å². The molecule has 3 aromatic heterocycles. The number of hydrogen-bond donors (Lipinski definition) is 1. The highest BCUT2D eigenvalue weighted by Crippen LogP contribution is 2.38. The molecule has 2 atom stereocenters. The number of piperidine rings is 1. The molecule has 4 heterocycles. The fourth-order valence-electron chi connectivity index (χ4n) is 4.54. The first-order chi connectivity index (χ1) is 19.3. The van der Waals surface area contributed by atoms with Crippen LogP contribution in [0.1, 0.15) is 6.42 Å². The zero-order valence-electron chi connectivity index (χ0n) is 21.9. The fraction of sp³-hybridized carbons (Fsp3) is 0.320. The van der Waals surface area contributed by atoms with Crippen molar-refractivity contribution in [3.63, 3.8) is 0 Å². The summed E-state index contributed by atoms with van der Waals surface area (Å²) in [5.41, 5.74) is 0.985. The van der Waals surface area contributed by atoms with Gasteiger partial charge in [0.25, 0.3) is 0 Å². The van der Waals surface area contributed by atoms with Crippen LogP contribution in [0.3, 0.4) is 0 Å². The third-order valence-corrected chi connectivity index (χ3v) is 8.16. The van der Waals surface area contributed by atoms with Crippen molar-refractivity contribution in [1.82, 2.24) is 29.7 Å². The Balaban J connectivity index is 1.56. The molecule has 5 rings (SSSR count). The Labute approximate surface area is 230 Å². The molecule has 1 aliphatic heterocycles. The Hall–Kier alpha value is -4.37. The standard InChI is InChI=1S/C25H27FN8O5S/c1-37-18-10-19(15-33(14-18)24-28-12-17(26)13-29-24)40(35,36)32-25-31-30-23(16-6-5-9-27-11-16)34(25)22-20(38-2)7-4-8-21(22)39-3/h4-9,11-13,18-19H,10,14-15H2,1-3H3,(H,31,32)/t18-,19+/m0/s1. The molecule has 0 spiro atoms. The van der Waals surface area contributed by atoms with Gasteiger partial charge in [-0.05, 0) is 30.7 Å². The lowest BCUT2D eigenvalue weighted by molar-refractivity contribution is 0.0898. The maximum atomic E-state index is 13.8. The summed E-state index contributed by atoms with van der Waals surface area (Å²) in [5.74, 6) is 0.650. The number of rotatable bonds is 9. The van der Waals surface area contributed by atoms with Crippen LogP contribution in [0.25, 0.3) is 17.1 Å². The van der Waals surface area contributed by atoms with Gasteiger partial charge in [0.2, 0.25) is 21.9 Å². The third kappa shape index (κ3) is 5.37. The Morgan fingerprint density at radius 3 is 2.33 bits per heavy atom. The highest BCUT2D eigenvalue weighted by Gasteiger charge is 2.38. The number of para-hydroxylation sites is 1. The van der Waals surface area contributed by atoms with E-state index in [1.807, 2.05) is 0 Å². The Kier molecular flexibility index (Phi) is 7.75. The topological polar surface area (TPSA) is 146 Å². The van der Waals surface area contributed by atoms with Gasteiger partial charge in [-0.3, -0.25) is 14.3 Å². The number of hydrogen-bond acceptors (Lipinski definition) is 11. The van der Waals surface area contributed by atoms with E-state index in [0.717, 1.165) is 12.4 Å². The smallest absolute Gasteiger partial charge is 0.243 e. The molecule has 13 nitrogen and oxygen atoms in total. The summed E-state index contributed by atoms with van der Waals surface area (Å²) >= 11 is 0. The Morgan fingerprint density at radius 2 is 1.70 bits per heavy atom. The molecule has 1 fully saturated rings. The van der Waals surface area contributed by atoms with Gasteiger partial charge in [0.1, 0.15) is 22.4 Å². The van der Waals surface area contributed by atoms with Crippen LogP contribution in [-0.4, -0.2) is 83.9 Å². The lowest BCUT2D eigenvalue weighted by Crippen LogP contribution is -2.51. The lowest BCUT2D eigenvalue weighted by atomic mass is 10.1. The number of benzene rings is 1. The van der Waals surface area contributed by atoms with Crippen molar-refractivity contribution >= 4 is 21.9 Å². The number of anilines is 2. The highest BCUT2D eigenvalue weighted by atomic mass is 32.2. The second kappa shape index (κ2) is 11.4. The first kappa shape index (κ1) is 27.2. The van der Waals surface area contributed by atoms with E-state index in [2.05, 4.69) is 29.9 Å². The van der Waals surface area contributed by atoms with E-state index in [1.165, 1.54) is 25.9 Å². The molecule has 1 aliphatic rings. The van der Waals surface area contributed by atoms with Crippen molar-refractivity contribution < 1.29 is 27.0 Å².